The Morgan fingerprint density at radius 3 is 2.81 bits per heavy atom. The standard InChI is InChI=1S/C33H34F2N6O2/c1-4-30(42)41-9-8-40(17-23(41)15-36-2)32-27-13-28(35)26(24-7-5-6-19-10-20-11-25(20)31(19)24)14-29(27)37-33(38-32)43-18-22-12-21(34)16-39(22)3/h4-7,13-14,20-23,25H,1,8-12,15-18H2,3H3/t20?,21-,22+,23+,25?/m1/s1. The molecule has 43 heavy (non-hydrogen) atoms. The van der Waals surface area contributed by atoms with Crippen LogP contribution in [0.25, 0.3) is 26.9 Å². The van der Waals surface area contributed by atoms with Crippen LogP contribution in [0.15, 0.2) is 43.0 Å². The second-order valence-electron chi connectivity index (χ2n) is 12.3. The number of amides is 1. The van der Waals surface area contributed by atoms with Crippen molar-refractivity contribution in [3.63, 3.8) is 0 Å². The summed E-state index contributed by atoms with van der Waals surface area (Å²) < 4.78 is 36.2. The molecule has 2 aliphatic carbocycles. The largest absolute Gasteiger partial charge is 0.462 e. The van der Waals surface area contributed by atoms with Crippen molar-refractivity contribution >= 4 is 22.6 Å². The number of hydrogen-bond acceptors (Lipinski definition) is 6. The molecule has 8 nitrogen and oxygen atoms in total. The fourth-order valence-corrected chi connectivity index (χ4v) is 7.29. The minimum Gasteiger partial charge on any atom is -0.462 e. The molecule has 0 bridgehead atoms. The Hall–Kier alpha value is -4.10. The van der Waals surface area contributed by atoms with Crippen molar-refractivity contribution in [3.8, 4) is 17.1 Å². The van der Waals surface area contributed by atoms with Crippen molar-refractivity contribution in [1.29, 1.82) is 0 Å². The van der Waals surface area contributed by atoms with E-state index in [1.54, 1.807) is 11.0 Å². The van der Waals surface area contributed by atoms with Crippen LogP contribution in [-0.2, 0) is 11.2 Å². The number of ether oxygens (including phenoxy) is 1. The van der Waals surface area contributed by atoms with Gasteiger partial charge in [-0.2, -0.15) is 9.97 Å². The van der Waals surface area contributed by atoms with Crippen LogP contribution in [0.4, 0.5) is 14.6 Å². The predicted molar refractivity (Wildman–Crippen MR) is 160 cm³/mol. The number of hydrogen-bond donors (Lipinski definition) is 0. The molecule has 2 unspecified atom stereocenters. The molecule has 1 amide bonds. The molecule has 7 rings (SSSR count). The fourth-order valence-electron chi connectivity index (χ4n) is 7.29. The highest BCUT2D eigenvalue weighted by Gasteiger charge is 2.46. The summed E-state index contributed by atoms with van der Waals surface area (Å²) >= 11 is 0. The number of carbonyl (C=O) groups is 1. The maximum absolute atomic E-state index is 16.1. The van der Waals surface area contributed by atoms with Gasteiger partial charge >= 0.3 is 6.01 Å². The van der Waals surface area contributed by atoms with Crippen molar-refractivity contribution in [3.05, 3.63) is 71.3 Å². The molecule has 5 atom stereocenters. The van der Waals surface area contributed by atoms with Crippen LogP contribution in [0.3, 0.4) is 0 Å². The molecule has 2 saturated heterocycles. The first kappa shape index (κ1) is 27.7. The van der Waals surface area contributed by atoms with Crippen LogP contribution in [0.1, 0.15) is 29.9 Å². The first-order valence-corrected chi connectivity index (χ1v) is 15.0. The van der Waals surface area contributed by atoms with Crippen molar-refractivity contribution in [2.45, 2.75) is 43.4 Å². The number of anilines is 1. The average Bonchev–Trinajstić information content (AvgIpc) is 3.54. The fraction of sp³-hybridized carbons (Fsp3) is 0.455. The van der Waals surface area contributed by atoms with Crippen molar-refractivity contribution in [2.75, 3.05) is 51.3 Å². The van der Waals surface area contributed by atoms with Crippen molar-refractivity contribution in [1.82, 2.24) is 19.8 Å². The Kier molecular flexibility index (Phi) is 7.01. The zero-order valence-corrected chi connectivity index (χ0v) is 24.2. The molecule has 4 aliphatic rings. The number of fused-ring (bicyclic) bond motifs is 4. The second kappa shape index (κ2) is 10.9. The average molecular weight is 585 g/mol. The maximum Gasteiger partial charge on any atom is 0.319 e. The smallest absolute Gasteiger partial charge is 0.319 e. The van der Waals surface area contributed by atoms with Gasteiger partial charge in [-0.25, -0.2) is 15.4 Å². The number of carbonyl (C=O) groups excluding carboxylic acids is 1. The molecule has 2 aromatic carbocycles. The van der Waals surface area contributed by atoms with E-state index in [-0.39, 0.29) is 43.0 Å². The second-order valence-corrected chi connectivity index (χ2v) is 12.3. The third kappa shape index (κ3) is 4.99. The molecule has 1 saturated carbocycles. The summed E-state index contributed by atoms with van der Waals surface area (Å²) in [6, 6.07) is 9.11. The van der Waals surface area contributed by atoms with Crippen LogP contribution in [0.2, 0.25) is 0 Å². The summed E-state index contributed by atoms with van der Waals surface area (Å²) in [6.07, 6.45) is 2.96. The Morgan fingerprint density at radius 2 is 2.05 bits per heavy atom. The zero-order valence-electron chi connectivity index (χ0n) is 24.2. The Labute approximate surface area is 249 Å². The number of alkyl halides is 1. The van der Waals surface area contributed by atoms with E-state index in [9.17, 15) is 9.18 Å². The van der Waals surface area contributed by atoms with Gasteiger partial charge in [0.2, 0.25) is 12.5 Å². The van der Waals surface area contributed by atoms with Gasteiger partial charge in [-0.05, 0) is 73.0 Å². The minimum atomic E-state index is -0.898. The molecular weight excluding hydrogens is 550 g/mol. The summed E-state index contributed by atoms with van der Waals surface area (Å²) in [4.78, 5) is 31.1. The van der Waals surface area contributed by atoms with Gasteiger partial charge in [0.05, 0.1) is 5.52 Å². The number of benzene rings is 2. The number of piperazine rings is 1. The van der Waals surface area contributed by atoms with Gasteiger partial charge in [0.1, 0.15) is 30.5 Å². The molecular formula is C33H34F2N6O2. The Morgan fingerprint density at radius 1 is 1.19 bits per heavy atom. The van der Waals surface area contributed by atoms with Crippen molar-refractivity contribution in [2.24, 2.45) is 5.92 Å². The summed E-state index contributed by atoms with van der Waals surface area (Å²) in [6.45, 7) is 12.9. The number of aromatic nitrogens is 2. The summed E-state index contributed by atoms with van der Waals surface area (Å²) in [5, 5.41) is 0.539. The zero-order chi connectivity index (χ0) is 29.8. The molecule has 10 heteroatoms. The molecule has 3 fully saturated rings. The van der Waals surface area contributed by atoms with Crippen LogP contribution >= 0.6 is 0 Å². The lowest BCUT2D eigenvalue weighted by atomic mass is 9.93. The SMILES string of the molecule is [C-]#[N+]C[C@H]1CN(c2nc(OC[C@@H]3C[C@@H](F)CN3C)nc3cc(-c4cccc5c4C4CC4C5)c(F)cc23)CCN1C(=O)C=C. The topological polar surface area (TPSA) is 66.2 Å². The first-order valence-electron chi connectivity index (χ1n) is 15.0. The normalized spacial score (nSPS) is 26.2. The van der Waals surface area contributed by atoms with Gasteiger partial charge < -0.3 is 19.4 Å². The van der Waals surface area contributed by atoms with E-state index in [4.69, 9.17) is 21.3 Å². The number of nitrogens with zero attached hydrogens (tertiary/aromatic N) is 6. The van der Waals surface area contributed by atoms with E-state index in [2.05, 4.69) is 17.5 Å². The van der Waals surface area contributed by atoms with Gasteiger partial charge in [0.15, 0.2) is 0 Å². The summed E-state index contributed by atoms with van der Waals surface area (Å²) in [5.41, 5.74) is 4.53. The van der Waals surface area contributed by atoms with E-state index in [1.165, 1.54) is 23.3 Å². The lowest BCUT2D eigenvalue weighted by molar-refractivity contribution is -0.128. The number of halogens is 2. The molecule has 0 radical (unpaired) electrons. The molecule has 3 heterocycles. The molecule has 3 aromatic rings. The Bertz CT molecular complexity index is 1660. The van der Waals surface area contributed by atoms with Gasteiger partial charge in [-0.3, -0.25) is 9.69 Å². The Balaban J connectivity index is 1.29. The van der Waals surface area contributed by atoms with Gasteiger partial charge in [0, 0.05) is 43.2 Å². The van der Waals surface area contributed by atoms with Gasteiger partial charge in [0.25, 0.3) is 0 Å². The van der Waals surface area contributed by atoms with Crippen LogP contribution in [0, 0.1) is 18.3 Å². The number of rotatable bonds is 7. The lowest BCUT2D eigenvalue weighted by Crippen LogP contribution is -2.56. The maximum atomic E-state index is 16.1. The number of likely N-dealkylation sites (tertiary alicyclic amines) is 1. The molecule has 2 aliphatic heterocycles. The van der Waals surface area contributed by atoms with Crippen LogP contribution in [0.5, 0.6) is 6.01 Å². The third-order valence-corrected chi connectivity index (χ3v) is 9.59. The van der Waals surface area contributed by atoms with Gasteiger partial charge in [-0.15, -0.1) is 0 Å². The third-order valence-electron chi connectivity index (χ3n) is 9.59. The number of likely N-dealkylation sites (N-methyl/N-ethyl adjacent to an activating group) is 1. The van der Waals surface area contributed by atoms with E-state index < -0.39 is 6.17 Å². The molecule has 1 aromatic heterocycles. The molecule has 222 valence electrons. The van der Waals surface area contributed by atoms with Gasteiger partial charge in [-0.1, -0.05) is 24.8 Å². The predicted octanol–water partition coefficient (Wildman–Crippen LogP) is 4.64. The quantitative estimate of drug-likeness (QED) is 0.298. The summed E-state index contributed by atoms with van der Waals surface area (Å²) in [7, 11) is 1.87. The van der Waals surface area contributed by atoms with Crippen molar-refractivity contribution < 1.29 is 18.3 Å². The van der Waals surface area contributed by atoms with E-state index in [0.29, 0.717) is 66.7 Å². The highest BCUT2D eigenvalue weighted by Crippen LogP contribution is 2.58. The van der Waals surface area contributed by atoms with E-state index >= 15 is 4.39 Å². The monoisotopic (exact) mass is 584 g/mol. The summed E-state index contributed by atoms with van der Waals surface area (Å²) in [5.74, 6) is 1.10. The van der Waals surface area contributed by atoms with Crippen LogP contribution in [-0.4, -0.2) is 90.3 Å². The highest BCUT2D eigenvalue weighted by atomic mass is 19.1. The highest BCUT2D eigenvalue weighted by molar-refractivity contribution is 5.94. The van der Waals surface area contributed by atoms with E-state index in [0.717, 1.165) is 18.4 Å². The molecule has 0 N–H and O–H groups in total. The van der Waals surface area contributed by atoms with E-state index in [1.807, 2.05) is 29.0 Å². The van der Waals surface area contributed by atoms with Crippen LogP contribution < -0.4 is 9.64 Å². The lowest BCUT2D eigenvalue weighted by Gasteiger charge is -2.39. The minimum absolute atomic E-state index is 0.101. The first-order chi connectivity index (χ1) is 20.8. The molecule has 0 spiro atoms.